The maximum Gasteiger partial charge on any atom is 0.120 e. The zero-order valence-electron chi connectivity index (χ0n) is 9.47. The van der Waals surface area contributed by atoms with E-state index in [0.29, 0.717) is 5.02 Å². The van der Waals surface area contributed by atoms with E-state index in [0.717, 1.165) is 28.3 Å². The highest BCUT2D eigenvalue weighted by atomic mass is 35.5. The van der Waals surface area contributed by atoms with E-state index in [4.69, 9.17) is 16.3 Å². The molecule has 0 aliphatic heterocycles. The average Bonchev–Trinajstić information content (AvgIpc) is 2.59. The highest BCUT2D eigenvalue weighted by Gasteiger charge is 2.12. The summed E-state index contributed by atoms with van der Waals surface area (Å²) < 4.78 is 5.12. The molecule has 0 amide bonds. The lowest BCUT2D eigenvalue weighted by Gasteiger charge is -2.06. The van der Waals surface area contributed by atoms with Crippen molar-refractivity contribution in [2.75, 3.05) is 7.11 Å². The zero-order valence-corrected chi connectivity index (χ0v) is 10.2. The van der Waals surface area contributed by atoms with Crippen LogP contribution in [-0.2, 0) is 0 Å². The van der Waals surface area contributed by atoms with Crippen molar-refractivity contribution in [1.82, 2.24) is 10.2 Å². The van der Waals surface area contributed by atoms with Crippen LogP contribution in [-0.4, -0.2) is 17.3 Å². The third kappa shape index (κ3) is 1.78. The van der Waals surface area contributed by atoms with Crippen molar-refractivity contribution < 1.29 is 4.74 Å². The molecule has 1 heterocycles. The van der Waals surface area contributed by atoms with Crippen LogP contribution in [0.15, 0.2) is 18.2 Å². The van der Waals surface area contributed by atoms with Crippen molar-refractivity contribution in [3.63, 3.8) is 0 Å². The molecule has 4 heteroatoms. The number of aromatic nitrogens is 2. The van der Waals surface area contributed by atoms with Crippen molar-refractivity contribution in [1.29, 1.82) is 0 Å². The Morgan fingerprint density at radius 1 is 1.31 bits per heavy atom. The third-order valence-electron chi connectivity index (χ3n) is 2.57. The van der Waals surface area contributed by atoms with Crippen LogP contribution in [0, 0.1) is 13.8 Å². The van der Waals surface area contributed by atoms with Gasteiger partial charge in [0, 0.05) is 16.8 Å². The van der Waals surface area contributed by atoms with Gasteiger partial charge in [0.05, 0.1) is 17.8 Å². The number of methoxy groups -OCH3 is 1. The summed E-state index contributed by atoms with van der Waals surface area (Å²) in [6.07, 6.45) is 0. The van der Waals surface area contributed by atoms with Crippen LogP contribution in [0.3, 0.4) is 0 Å². The molecule has 2 rings (SSSR count). The lowest BCUT2D eigenvalue weighted by molar-refractivity contribution is 0.415. The summed E-state index contributed by atoms with van der Waals surface area (Å²) >= 11 is 6.22. The van der Waals surface area contributed by atoms with Crippen molar-refractivity contribution in [3.05, 3.63) is 34.6 Å². The largest absolute Gasteiger partial charge is 0.497 e. The quantitative estimate of drug-likeness (QED) is 0.868. The van der Waals surface area contributed by atoms with Crippen LogP contribution in [0.4, 0.5) is 0 Å². The maximum absolute atomic E-state index is 6.22. The number of ether oxygens (including phenoxy) is 1. The van der Waals surface area contributed by atoms with Crippen molar-refractivity contribution >= 4 is 11.6 Å². The molecule has 16 heavy (non-hydrogen) atoms. The Balaban J connectivity index is 2.57. The van der Waals surface area contributed by atoms with Gasteiger partial charge in [-0.3, -0.25) is 5.10 Å². The first-order valence-corrected chi connectivity index (χ1v) is 5.36. The molecule has 1 aromatic heterocycles. The Labute approximate surface area is 99.4 Å². The number of nitrogens with zero attached hydrogens (tertiary/aromatic N) is 1. The van der Waals surface area contributed by atoms with E-state index in [9.17, 15) is 0 Å². The van der Waals surface area contributed by atoms with Gasteiger partial charge in [-0.25, -0.2) is 0 Å². The molecule has 0 unspecified atom stereocenters. The number of benzene rings is 1. The van der Waals surface area contributed by atoms with Gasteiger partial charge in [0.1, 0.15) is 5.75 Å². The molecule has 0 bridgehead atoms. The van der Waals surface area contributed by atoms with E-state index in [1.54, 1.807) is 7.11 Å². The summed E-state index contributed by atoms with van der Waals surface area (Å²) in [5, 5.41) is 7.79. The predicted molar refractivity (Wildman–Crippen MR) is 65.1 cm³/mol. The van der Waals surface area contributed by atoms with Crippen molar-refractivity contribution in [2.24, 2.45) is 0 Å². The fourth-order valence-corrected chi connectivity index (χ4v) is 2.04. The fourth-order valence-electron chi connectivity index (χ4n) is 1.77. The Morgan fingerprint density at radius 3 is 2.56 bits per heavy atom. The number of halogens is 1. The second-order valence-corrected chi connectivity index (χ2v) is 4.06. The Kier molecular flexibility index (Phi) is 2.88. The first-order valence-electron chi connectivity index (χ1n) is 4.99. The highest BCUT2D eigenvalue weighted by Crippen LogP contribution is 2.33. The number of hydrogen-bond donors (Lipinski definition) is 1. The maximum atomic E-state index is 6.22. The number of rotatable bonds is 2. The van der Waals surface area contributed by atoms with E-state index < -0.39 is 0 Å². The number of aryl methyl sites for hydroxylation is 2. The summed E-state index contributed by atoms with van der Waals surface area (Å²) in [5.74, 6) is 0.757. The molecule has 2 aromatic rings. The van der Waals surface area contributed by atoms with Gasteiger partial charge in [-0.2, -0.15) is 5.10 Å². The van der Waals surface area contributed by atoms with Crippen LogP contribution < -0.4 is 4.74 Å². The van der Waals surface area contributed by atoms with Gasteiger partial charge in [0.2, 0.25) is 0 Å². The average molecular weight is 237 g/mol. The molecule has 3 nitrogen and oxygen atoms in total. The predicted octanol–water partition coefficient (Wildman–Crippen LogP) is 3.36. The molecule has 0 aliphatic rings. The van der Waals surface area contributed by atoms with Crippen LogP contribution >= 0.6 is 11.6 Å². The topological polar surface area (TPSA) is 37.9 Å². The van der Waals surface area contributed by atoms with E-state index in [1.807, 2.05) is 32.0 Å². The van der Waals surface area contributed by atoms with Gasteiger partial charge in [-0.05, 0) is 32.0 Å². The number of H-pyrrole nitrogens is 1. The van der Waals surface area contributed by atoms with Gasteiger partial charge < -0.3 is 4.74 Å². The Morgan fingerprint density at radius 2 is 2.06 bits per heavy atom. The number of nitrogens with one attached hydrogen (secondary N) is 1. The minimum absolute atomic E-state index is 0.673. The van der Waals surface area contributed by atoms with Crippen LogP contribution in [0.25, 0.3) is 11.1 Å². The molecule has 0 saturated carbocycles. The molecule has 1 aromatic carbocycles. The van der Waals surface area contributed by atoms with Gasteiger partial charge in [-0.1, -0.05) is 11.6 Å². The summed E-state index contributed by atoms with van der Waals surface area (Å²) in [7, 11) is 1.62. The van der Waals surface area contributed by atoms with E-state index in [-0.39, 0.29) is 0 Å². The molecule has 0 atom stereocenters. The minimum Gasteiger partial charge on any atom is -0.497 e. The second kappa shape index (κ2) is 4.18. The van der Waals surface area contributed by atoms with E-state index in [1.165, 1.54) is 0 Å². The molecule has 0 radical (unpaired) electrons. The lowest BCUT2D eigenvalue weighted by atomic mass is 10.0. The van der Waals surface area contributed by atoms with Gasteiger partial charge in [-0.15, -0.1) is 0 Å². The SMILES string of the molecule is COc1ccc(-c2c(C)n[nH]c2C)c(Cl)c1. The van der Waals surface area contributed by atoms with Crippen molar-refractivity contribution in [2.45, 2.75) is 13.8 Å². The summed E-state index contributed by atoms with van der Waals surface area (Å²) in [6, 6.07) is 5.65. The fraction of sp³-hybridized carbons (Fsp3) is 0.250. The molecule has 84 valence electrons. The van der Waals surface area contributed by atoms with Gasteiger partial charge >= 0.3 is 0 Å². The van der Waals surface area contributed by atoms with Gasteiger partial charge in [0.25, 0.3) is 0 Å². The smallest absolute Gasteiger partial charge is 0.120 e. The molecule has 0 aliphatic carbocycles. The molecule has 0 spiro atoms. The second-order valence-electron chi connectivity index (χ2n) is 3.65. The molecule has 1 N–H and O–H groups in total. The Bertz CT molecular complexity index is 500. The summed E-state index contributed by atoms with van der Waals surface area (Å²) in [6.45, 7) is 3.94. The van der Waals surface area contributed by atoms with Crippen molar-refractivity contribution in [3.8, 4) is 16.9 Å². The third-order valence-corrected chi connectivity index (χ3v) is 2.89. The molecular weight excluding hydrogens is 224 g/mol. The van der Waals surface area contributed by atoms with Crippen LogP contribution in [0.2, 0.25) is 5.02 Å². The van der Waals surface area contributed by atoms with Gasteiger partial charge in [0.15, 0.2) is 0 Å². The molecule has 0 fully saturated rings. The lowest BCUT2D eigenvalue weighted by Crippen LogP contribution is -1.86. The number of hydrogen-bond acceptors (Lipinski definition) is 2. The van der Waals surface area contributed by atoms with Crippen LogP contribution in [0.1, 0.15) is 11.4 Å². The summed E-state index contributed by atoms with van der Waals surface area (Å²) in [5.41, 5.74) is 4.01. The molecular formula is C12H13ClN2O. The van der Waals surface area contributed by atoms with E-state index in [2.05, 4.69) is 10.2 Å². The first kappa shape index (κ1) is 11.0. The summed E-state index contributed by atoms with van der Waals surface area (Å²) in [4.78, 5) is 0. The first-order chi connectivity index (χ1) is 7.63. The highest BCUT2D eigenvalue weighted by molar-refractivity contribution is 6.33. The standard InChI is InChI=1S/C12H13ClN2O/c1-7-12(8(2)15-14-7)10-5-4-9(16-3)6-11(10)13/h4-6H,1-3H3,(H,14,15). The zero-order chi connectivity index (χ0) is 11.7. The normalized spacial score (nSPS) is 10.5. The minimum atomic E-state index is 0.673. The Hall–Kier alpha value is -1.48. The van der Waals surface area contributed by atoms with Crippen LogP contribution in [0.5, 0.6) is 5.75 Å². The monoisotopic (exact) mass is 236 g/mol. The molecule has 0 saturated heterocycles. The number of aromatic amines is 1. The van der Waals surface area contributed by atoms with E-state index >= 15 is 0 Å².